The van der Waals surface area contributed by atoms with Gasteiger partial charge in [0.25, 0.3) is 0 Å². The number of aromatic nitrogens is 1. The molecule has 0 radical (unpaired) electrons. The average Bonchev–Trinajstić information content (AvgIpc) is 2.58. The van der Waals surface area contributed by atoms with Gasteiger partial charge in [0.2, 0.25) is 0 Å². The van der Waals surface area contributed by atoms with Gasteiger partial charge in [0.1, 0.15) is 6.54 Å². The normalized spacial score (nSPS) is 9.60. The summed E-state index contributed by atoms with van der Waals surface area (Å²) in [4.78, 5) is 34.1. The van der Waals surface area contributed by atoms with Crippen molar-refractivity contribution in [3.8, 4) is 0 Å². The number of aliphatic carboxylic acids is 1. The molecule has 0 spiro atoms. The van der Waals surface area contributed by atoms with Crippen LogP contribution in [0.4, 0.5) is 4.79 Å². The fourth-order valence-electron chi connectivity index (χ4n) is 0.794. The number of carbonyl (C=O) groups excluding carboxylic acids is 1. The minimum atomic E-state index is -1.12. The molecule has 0 unspecified atom stereocenters. The summed E-state index contributed by atoms with van der Waals surface area (Å²) in [6, 6.07) is -0.593. The van der Waals surface area contributed by atoms with Crippen molar-refractivity contribution >= 4 is 23.3 Å². The number of urea groups is 1. The number of hydrogen-bond acceptors (Lipinski definition) is 4. The van der Waals surface area contributed by atoms with E-state index in [2.05, 4.69) is 15.6 Å². The largest absolute Gasteiger partial charge is 0.480 e. The number of carbonyl (C=O) groups is 2. The van der Waals surface area contributed by atoms with Crippen molar-refractivity contribution in [3.63, 3.8) is 0 Å². The Bertz CT molecular complexity index is 410. The van der Waals surface area contributed by atoms with Crippen LogP contribution in [0.15, 0.2) is 10.2 Å². The molecule has 4 N–H and O–H groups in total. The van der Waals surface area contributed by atoms with Crippen molar-refractivity contribution in [3.05, 3.63) is 20.7 Å². The molecule has 0 aromatic carbocycles. The lowest BCUT2D eigenvalue weighted by Gasteiger charge is -2.03. The SMILES string of the molecule is O=C(O)CNC(=O)NCc1csc(=O)[nH]1. The zero-order valence-electron chi connectivity index (χ0n) is 7.57. The molecule has 1 aromatic heterocycles. The van der Waals surface area contributed by atoms with Crippen LogP contribution in [-0.2, 0) is 11.3 Å². The van der Waals surface area contributed by atoms with Crippen LogP contribution in [-0.4, -0.2) is 28.6 Å². The van der Waals surface area contributed by atoms with Crippen LogP contribution in [0.5, 0.6) is 0 Å². The highest BCUT2D eigenvalue weighted by atomic mass is 32.1. The van der Waals surface area contributed by atoms with E-state index in [0.717, 1.165) is 11.3 Å². The van der Waals surface area contributed by atoms with Crippen LogP contribution in [0.2, 0.25) is 0 Å². The van der Waals surface area contributed by atoms with E-state index < -0.39 is 18.5 Å². The van der Waals surface area contributed by atoms with Crippen LogP contribution in [0.3, 0.4) is 0 Å². The summed E-state index contributed by atoms with van der Waals surface area (Å²) in [7, 11) is 0. The van der Waals surface area contributed by atoms with Crippen LogP contribution < -0.4 is 15.5 Å². The lowest BCUT2D eigenvalue weighted by atomic mass is 10.5. The van der Waals surface area contributed by atoms with E-state index in [9.17, 15) is 14.4 Å². The third-order valence-electron chi connectivity index (χ3n) is 1.41. The second kappa shape index (κ2) is 5.15. The number of carboxylic acid groups (broad SMARTS) is 1. The highest BCUT2D eigenvalue weighted by Gasteiger charge is 2.03. The fraction of sp³-hybridized carbons (Fsp3) is 0.286. The summed E-state index contributed by atoms with van der Waals surface area (Å²) >= 11 is 0.997. The third kappa shape index (κ3) is 4.27. The van der Waals surface area contributed by atoms with E-state index in [1.165, 1.54) is 0 Å². The fourth-order valence-corrected chi connectivity index (χ4v) is 1.38. The molecule has 82 valence electrons. The Morgan fingerprint density at radius 3 is 2.73 bits per heavy atom. The second-order valence-corrected chi connectivity index (χ2v) is 3.45. The Hall–Kier alpha value is -1.83. The van der Waals surface area contributed by atoms with Gasteiger partial charge in [0, 0.05) is 11.1 Å². The standard InChI is InChI=1S/C7H9N3O4S/c11-5(12)2-9-6(13)8-1-4-3-15-7(14)10-4/h3H,1-2H2,(H,10,14)(H,11,12)(H2,8,9,13). The average molecular weight is 231 g/mol. The molecular formula is C7H9N3O4S. The number of H-pyrrole nitrogens is 1. The maximum absolute atomic E-state index is 11.0. The van der Waals surface area contributed by atoms with Gasteiger partial charge in [0.05, 0.1) is 6.54 Å². The minimum Gasteiger partial charge on any atom is -0.480 e. The highest BCUT2D eigenvalue weighted by molar-refractivity contribution is 7.07. The predicted molar refractivity (Wildman–Crippen MR) is 52.8 cm³/mol. The van der Waals surface area contributed by atoms with Gasteiger partial charge in [-0.05, 0) is 0 Å². The molecule has 1 aromatic rings. The molecule has 0 atom stereocenters. The van der Waals surface area contributed by atoms with Gasteiger partial charge in [0.15, 0.2) is 0 Å². The maximum atomic E-state index is 11.0. The van der Waals surface area contributed by atoms with E-state index in [4.69, 9.17) is 5.11 Å². The quantitative estimate of drug-likeness (QED) is 0.550. The number of thiazole rings is 1. The van der Waals surface area contributed by atoms with Gasteiger partial charge in [-0.1, -0.05) is 11.3 Å². The van der Waals surface area contributed by atoms with Crippen LogP contribution >= 0.6 is 11.3 Å². The molecule has 0 aliphatic heterocycles. The topological polar surface area (TPSA) is 111 Å². The van der Waals surface area contributed by atoms with Gasteiger partial charge < -0.3 is 20.7 Å². The lowest BCUT2D eigenvalue weighted by Crippen LogP contribution is -2.38. The molecule has 0 saturated carbocycles. The lowest BCUT2D eigenvalue weighted by molar-refractivity contribution is -0.135. The van der Waals surface area contributed by atoms with Crippen molar-refractivity contribution in [2.45, 2.75) is 6.54 Å². The molecule has 0 bridgehead atoms. The molecule has 0 aliphatic carbocycles. The van der Waals surface area contributed by atoms with Gasteiger partial charge in [-0.15, -0.1) is 0 Å². The number of nitrogens with one attached hydrogen (secondary N) is 3. The first-order valence-electron chi connectivity index (χ1n) is 3.98. The molecule has 7 nitrogen and oxygen atoms in total. The highest BCUT2D eigenvalue weighted by Crippen LogP contribution is 1.93. The van der Waals surface area contributed by atoms with Crippen LogP contribution in [0.25, 0.3) is 0 Å². The summed E-state index contributed by atoms with van der Waals surface area (Å²) in [6.07, 6.45) is 0. The smallest absolute Gasteiger partial charge is 0.323 e. The molecule has 15 heavy (non-hydrogen) atoms. The first-order chi connectivity index (χ1) is 7.08. The van der Waals surface area contributed by atoms with Crippen molar-refractivity contribution in [2.24, 2.45) is 0 Å². The molecule has 0 saturated heterocycles. The summed E-state index contributed by atoms with van der Waals surface area (Å²) in [5, 5.41) is 14.4. The maximum Gasteiger partial charge on any atom is 0.323 e. The molecule has 8 heteroatoms. The first-order valence-corrected chi connectivity index (χ1v) is 4.86. The molecule has 1 rings (SSSR count). The number of amides is 2. The van der Waals surface area contributed by atoms with E-state index in [-0.39, 0.29) is 11.4 Å². The number of rotatable bonds is 4. The summed E-state index contributed by atoms with van der Waals surface area (Å²) < 4.78 is 0. The Balaban J connectivity index is 2.28. The number of carboxylic acids is 1. The molecule has 2 amide bonds. The Morgan fingerprint density at radius 2 is 2.20 bits per heavy atom. The predicted octanol–water partition coefficient (Wildman–Crippen LogP) is -0.680. The van der Waals surface area contributed by atoms with E-state index in [0.29, 0.717) is 5.69 Å². The van der Waals surface area contributed by atoms with Crippen molar-refractivity contribution < 1.29 is 14.7 Å². The zero-order chi connectivity index (χ0) is 11.3. The minimum absolute atomic E-state index is 0.157. The molecule has 1 heterocycles. The van der Waals surface area contributed by atoms with Crippen molar-refractivity contribution in [2.75, 3.05) is 6.54 Å². The third-order valence-corrected chi connectivity index (χ3v) is 2.13. The second-order valence-electron chi connectivity index (χ2n) is 2.60. The van der Waals surface area contributed by atoms with Gasteiger partial charge in [-0.25, -0.2) is 4.79 Å². The van der Waals surface area contributed by atoms with Gasteiger partial charge >= 0.3 is 16.9 Å². The van der Waals surface area contributed by atoms with E-state index in [1.807, 2.05) is 0 Å². The Labute approximate surface area is 88.1 Å². The van der Waals surface area contributed by atoms with Crippen molar-refractivity contribution in [1.29, 1.82) is 0 Å². The zero-order valence-corrected chi connectivity index (χ0v) is 8.39. The Morgan fingerprint density at radius 1 is 1.47 bits per heavy atom. The number of aromatic amines is 1. The summed E-state index contributed by atoms with van der Waals surface area (Å²) in [5.41, 5.74) is 0.579. The first kappa shape index (κ1) is 11.2. The van der Waals surface area contributed by atoms with Gasteiger partial charge in [-0.2, -0.15) is 0 Å². The molecular weight excluding hydrogens is 222 g/mol. The monoisotopic (exact) mass is 231 g/mol. The van der Waals surface area contributed by atoms with E-state index in [1.54, 1.807) is 5.38 Å². The van der Waals surface area contributed by atoms with Crippen molar-refractivity contribution in [1.82, 2.24) is 15.6 Å². The van der Waals surface area contributed by atoms with Crippen LogP contribution in [0.1, 0.15) is 5.69 Å². The molecule has 0 aliphatic rings. The molecule has 0 fully saturated rings. The Kier molecular flexibility index (Phi) is 3.86. The number of hydrogen-bond donors (Lipinski definition) is 4. The van der Waals surface area contributed by atoms with Gasteiger partial charge in [-0.3, -0.25) is 9.59 Å². The van der Waals surface area contributed by atoms with E-state index >= 15 is 0 Å². The summed E-state index contributed by atoms with van der Waals surface area (Å²) in [5.74, 6) is -1.12. The van der Waals surface area contributed by atoms with Crippen LogP contribution in [0, 0.1) is 0 Å². The summed E-state index contributed by atoms with van der Waals surface area (Å²) in [6.45, 7) is -0.282.